The van der Waals surface area contributed by atoms with Gasteiger partial charge in [-0.05, 0) is 0 Å². The normalized spacial score (nSPS) is 17.7. The Morgan fingerprint density at radius 3 is 2.30 bits per heavy atom. The van der Waals surface area contributed by atoms with Gasteiger partial charge in [0.05, 0.1) is 6.26 Å². The Bertz CT molecular complexity index is 580. The number of sulfonamides is 1. The Kier molecular flexibility index (Phi) is 4.14. The Morgan fingerprint density at radius 1 is 1.20 bits per heavy atom. The van der Waals surface area contributed by atoms with E-state index in [2.05, 4.69) is 9.97 Å². The Hall–Kier alpha value is -1.41. The van der Waals surface area contributed by atoms with E-state index in [0.29, 0.717) is 37.8 Å². The van der Waals surface area contributed by atoms with Crippen molar-refractivity contribution in [3.8, 4) is 0 Å². The molecule has 2 rings (SSSR count). The van der Waals surface area contributed by atoms with Gasteiger partial charge in [-0.2, -0.15) is 4.31 Å². The molecule has 7 nitrogen and oxygen atoms in total. The van der Waals surface area contributed by atoms with Crippen LogP contribution in [0.1, 0.15) is 25.6 Å². The summed E-state index contributed by atoms with van der Waals surface area (Å²) in [6.07, 6.45) is 1.24. The van der Waals surface area contributed by atoms with Crippen molar-refractivity contribution >= 4 is 21.7 Å². The number of nitrogens with zero attached hydrogens (tertiary/aromatic N) is 4. The van der Waals surface area contributed by atoms with Gasteiger partial charge in [0.15, 0.2) is 0 Å². The van der Waals surface area contributed by atoms with E-state index in [1.807, 2.05) is 18.7 Å². The molecule has 20 heavy (non-hydrogen) atoms. The molecule has 0 unspecified atom stereocenters. The van der Waals surface area contributed by atoms with Gasteiger partial charge in [-0.1, -0.05) is 13.8 Å². The van der Waals surface area contributed by atoms with Crippen molar-refractivity contribution in [1.82, 2.24) is 14.3 Å². The Morgan fingerprint density at radius 2 is 1.80 bits per heavy atom. The van der Waals surface area contributed by atoms with Crippen molar-refractivity contribution in [3.63, 3.8) is 0 Å². The summed E-state index contributed by atoms with van der Waals surface area (Å²) in [4.78, 5) is 10.8. The lowest BCUT2D eigenvalue weighted by Gasteiger charge is -2.34. The molecule has 8 heteroatoms. The zero-order valence-electron chi connectivity index (χ0n) is 12.1. The fourth-order valence-corrected chi connectivity index (χ4v) is 2.97. The van der Waals surface area contributed by atoms with Crippen LogP contribution in [0.5, 0.6) is 0 Å². The lowest BCUT2D eigenvalue weighted by atomic mass is 10.2. The average Bonchev–Trinajstić information content (AvgIpc) is 2.37. The molecule has 0 aromatic carbocycles. The first-order chi connectivity index (χ1) is 9.27. The van der Waals surface area contributed by atoms with E-state index in [9.17, 15) is 8.42 Å². The molecule has 0 bridgehead atoms. The molecule has 1 aromatic rings. The van der Waals surface area contributed by atoms with Crippen molar-refractivity contribution < 1.29 is 8.42 Å². The van der Waals surface area contributed by atoms with Gasteiger partial charge in [-0.15, -0.1) is 0 Å². The molecular weight excluding hydrogens is 278 g/mol. The molecule has 0 atom stereocenters. The Labute approximate surface area is 119 Å². The molecule has 0 radical (unpaired) electrons. The molecule has 1 aromatic heterocycles. The monoisotopic (exact) mass is 299 g/mol. The highest BCUT2D eigenvalue weighted by Gasteiger charge is 2.24. The highest BCUT2D eigenvalue weighted by atomic mass is 32.2. The topological polar surface area (TPSA) is 92.4 Å². The zero-order chi connectivity index (χ0) is 14.9. The first-order valence-electron chi connectivity index (χ1n) is 6.62. The molecule has 1 fully saturated rings. The minimum absolute atomic E-state index is 0.203. The summed E-state index contributed by atoms with van der Waals surface area (Å²) >= 11 is 0. The number of nitrogens with two attached hydrogens (primary N) is 1. The van der Waals surface area contributed by atoms with E-state index in [1.54, 1.807) is 6.07 Å². The number of hydrogen-bond donors (Lipinski definition) is 1. The largest absolute Gasteiger partial charge is 0.384 e. The zero-order valence-corrected chi connectivity index (χ0v) is 12.9. The van der Waals surface area contributed by atoms with Gasteiger partial charge in [-0.3, -0.25) is 0 Å². The van der Waals surface area contributed by atoms with Crippen LogP contribution in [-0.2, 0) is 10.0 Å². The second kappa shape index (κ2) is 5.53. The summed E-state index contributed by atoms with van der Waals surface area (Å²) in [7, 11) is -3.11. The summed E-state index contributed by atoms with van der Waals surface area (Å²) in [5, 5.41) is 0. The first kappa shape index (κ1) is 15.0. The minimum atomic E-state index is -3.11. The van der Waals surface area contributed by atoms with E-state index in [-0.39, 0.29) is 5.92 Å². The van der Waals surface area contributed by atoms with Gasteiger partial charge in [0.1, 0.15) is 17.5 Å². The quantitative estimate of drug-likeness (QED) is 0.861. The number of aromatic nitrogens is 2. The summed E-state index contributed by atoms with van der Waals surface area (Å²) in [5.74, 6) is 2.14. The molecular formula is C12H21N5O2S. The van der Waals surface area contributed by atoms with Crippen molar-refractivity contribution in [3.05, 3.63) is 11.9 Å². The van der Waals surface area contributed by atoms with Gasteiger partial charge in [-0.25, -0.2) is 18.4 Å². The second-order valence-electron chi connectivity index (χ2n) is 5.31. The number of hydrogen-bond acceptors (Lipinski definition) is 6. The highest BCUT2D eigenvalue weighted by molar-refractivity contribution is 7.88. The van der Waals surface area contributed by atoms with Crippen LogP contribution in [0.15, 0.2) is 6.07 Å². The van der Waals surface area contributed by atoms with Gasteiger partial charge >= 0.3 is 0 Å². The van der Waals surface area contributed by atoms with Gasteiger partial charge < -0.3 is 10.6 Å². The van der Waals surface area contributed by atoms with Crippen molar-refractivity contribution in [1.29, 1.82) is 0 Å². The van der Waals surface area contributed by atoms with Crippen LogP contribution in [0, 0.1) is 0 Å². The molecule has 1 aliphatic heterocycles. The third kappa shape index (κ3) is 3.37. The van der Waals surface area contributed by atoms with Crippen LogP contribution in [0.4, 0.5) is 11.6 Å². The van der Waals surface area contributed by atoms with Crippen LogP contribution >= 0.6 is 0 Å². The Balaban J connectivity index is 2.15. The standard InChI is InChI=1S/C12H21N5O2S/c1-9(2)12-14-10(13)8-11(15-12)16-4-6-17(7-5-16)20(3,18)19/h8-9H,4-7H2,1-3H3,(H2,13,14,15). The van der Waals surface area contributed by atoms with Crippen molar-refractivity contribution in [2.45, 2.75) is 19.8 Å². The van der Waals surface area contributed by atoms with Crippen LogP contribution in [0.3, 0.4) is 0 Å². The lowest BCUT2D eigenvalue weighted by molar-refractivity contribution is 0.386. The van der Waals surface area contributed by atoms with Gasteiger partial charge in [0.25, 0.3) is 0 Å². The maximum absolute atomic E-state index is 11.5. The van der Waals surface area contributed by atoms with E-state index < -0.39 is 10.0 Å². The van der Waals surface area contributed by atoms with Crippen LogP contribution < -0.4 is 10.6 Å². The van der Waals surface area contributed by atoms with Gasteiger partial charge in [0, 0.05) is 38.2 Å². The predicted octanol–water partition coefficient (Wildman–Crippen LogP) is 0.264. The molecule has 1 saturated heterocycles. The number of rotatable bonds is 3. The van der Waals surface area contributed by atoms with Crippen LogP contribution in [0.2, 0.25) is 0 Å². The van der Waals surface area contributed by atoms with E-state index >= 15 is 0 Å². The van der Waals surface area contributed by atoms with Crippen LogP contribution in [0.25, 0.3) is 0 Å². The fraction of sp³-hybridized carbons (Fsp3) is 0.667. The molecule has 2 N–H and O–H groups in total. The third-order valence-corrected chi connectivity index (χ3v) is 4.60. The number of nitrogen functional groups attached to an aromatic ring is 1. The molecule has 112 valence electrons. The van der Waals surface area contributed by atoms with E-state index in [0.717, 1.165) is 5.82 Å². The summed E-state index contributed by atoms with van der Waals surface area (Å²) in [6.45, 7) is 6.20. The summed E-state index contributed by atoms with van der Waals surface area (Å²) in [6, 6.07) is 1.74. The molecule has 1 aliphatic rings. The summed E-state index contributed by atoms with van der Waals surface area (Å²) in [5.41, 5.74) is 5.82. The average molecular weight is 299 g/mol. The molecule has 2 heterocycles. The van der Waals surface area contributed by atoms with Crippen LogP contribution in [-0.4, -0.2) is 55.1 Å². The predicted molar refractivity (Wildman–Crippen MR) is 79.2 cm³/mol. The smallest absolute Gasteiger partial charge is 0.211 e. The number of piperazine rings is 1. The fourth-order valence-electron chi connectivity index (χ4n) is 2.14. The van der Waals surface area contributed by atoms with E-state index in [1.165, 1.54) is 10.6 Å². The molecule has 0 amide bonds. The maximum atomic E-state index is 11.5. The molecule has 0 spiro atoms. The summed E-state index contributed by atoms with van der Waals surface area (Å²) < 4.78 is 24.5. The minimum Gasteiger partial charge on any atom is -0.384 e. The second-order valence-corrected chi connectivity index (χ2v) is 7.30. The SMILES string of the molecule is CC(C)c1nc(N)cc(N2CCN(S(C)(=O)=O)CC2)n1. The maximum Gasteiger partial charge on any atom is 0.211 e. The van der Waals surface area contributed by atoms with Crippen molar-refractivity contribution in [2.24, 2.45) is 0 Å². The van der Waals surface area contributed by atoms with Crippen molar-refractivity contribution in [2.75, 3.05) is 43.1 Å². The first-order valence-corrected chi connectivity index (χ1v) is 8.46. The van der Waals surface area contributed by atoms with Gasteiger partial charge in [0.2, 0.25) is 10.0 Å². The highest BCUT2D eigenvalue weighted by Crippen LogP contribution is 2.20. The third-order valence-electron chi connectivity index (χ3n) is 3.30. The lowest BCUT2D eigenvalue weighted by Crippen LogP contribution is -2.48. The molecule has 0 saturated carbocycles. The molecule has 0 aliphatic carbocycles. The van der Waals surface area contributed by atoms with E-state index in [4.69, 9.17) is 5.73 Å². The number of anilines is 2.